The first-order chi connectivity index (χ1) is 7.18. The van der Waals surface area contributed by atoms with Gasteiger partial charge in [-0.1, -0.05) is 0 Å². The molecular weight excluding hydrogens is 200 g/mol. The number of carbonyl (C=O) groups is 2. The second-order valence-corrected chi connectivity index (χ2v) is 3.07. The Hall–Kier alpha value is -1.88. The van der Waals surface area contributed by atoms with Crippen molar-refractivity contribution in [3.05, 3.63) is 29.3 Å². The zero-order chi connectivity index (χ0) is 10.8. The Morgan fingerprint density at radius 1 is 1.33 bits per heavy atom. The van der Waals surface area contributed by atoms with E-state index in [4.69, 9.17) is 14.6 Å². The van der Waals surface area contributed by atoms with Gasteiger partial charge in [0.15, 0.2) is 6.79 Å². The minimum atomic E-state index is -1.47. The van der Waals surface area contributed by atoms with Crippen molar-refractivity contribution in [3.63, 3.8) is 0 Å². The van der Waals surface area contributed by atoms with Crippen LogP contribution in [0.15, 0.2) is 18.2 Å². The van der Waals surface area contributed by atoms with Gasteiger partial charge in [-0.15, -0.1) is 0 Å². The number of carboxylic acid groups (broad SMARTS) is 1. The maximum Gasteiger partial charge on any atom is 0.377 e. The van der Waals surface area contributed by atoms with E-state index < -0.39 is 11.8 Å². The number of hydrogen-bond acceptors (Lipinski definition) is 4. The Balaban J connectivity index is 2.36. The van der Waals surface area contributed by atoms with Gasteiger partial charge in [0.05, 0.1) is 6.61 Å². The van der Waals surface area contributed by atoms with Gasteiger partial charge in [0, 0.05) is 11.1 Å². The van der Waals surface area contributed by atoms with E-state index in [0.29, 0.717) is 17.9 Å². The molecule has 1 aliphatic heterocycles. The van der Waals surface area contributed by atoms with Crippen molar-refractivity contribution in [2.45, 2.75) is 6.61 Å². The molecule has 0 amide bonds. The van der Waals surface area contributed by atoms with E-state index in [0.717, 1.165) is 0 Å². The van der Waals surface area contributed by atoms with E-state index in [9.17, 15) is 9.59 Å². The Labute approximate surface area is 85.2 Å². The number of Topliss-reactive ketones (excluding diaryl/α,β-unsaturated/α-hetero) is 1. The van der Waals surface area contributed by atoms with E-state index in [1.165, 1.54) is 12.1 Å². The summed E-state index contributed by atoms with van der Waals surface area (Å²) in [7, 11) is 0. The molecule has 0 fully saturated rings. The number of hydrogen-bond donors (Lipinski definition) is 1. The molecule has 15 heavy (non-hydrogen) atoms. The second kappa shape index (κ2) is 3.70. The third-order valence-corrected chi connectivity index (χ3v) is 2.07. The van der Waals surface area contributed by atoms with Crippen LogP contribution < -0.4 is 4.74 Å². The lowest BCUT2D eigenvalue weighted by atomic mass is 10.1. The fraction of sp³-hybridized carbons (Fsp3) is 0.200. The van der Waals surface area contributed by atoms with E-state index in [2.05, 4.69) is 0 Å². The van der Waals surface area contributed by atoms with Crippen LogP contribution in [-0.2, 0) is 16.1 Å². The first kappa shape index (κ1) is 9.67. The molecule has 0 spiro atoms. The van der Waals surface area contributed by atoms with E-state index >= 15 is 0 Å². The van der Waals surface area contributed by atoms with Crippen molar-refractivity contribution >= 4 is 11.8 Å². The summed E-state index contributed by atoms with van der Waals surface area (Å²) < 4.78 is 10.1. The molecule has 1 aliphatic rings. The number of benzene rings is 1. The van der Waals surface area contributed by atoms with Crippen LogP contribution in [0.3, 0.4) is 0 Å². The van der Waals surface area contributed by atoms with Gasteiger partial charge in [-0.3, -0.25) is 4.79 Å². The van der Waals surface area contributed by atoms with Crippen molar-refractivity contribution in [2.24, 2.45) is 0 Å². The van der Waals surface area contributed by atoms with Crippen molar-refractivity contribution in [1.82, 2.24) is 0 Å². The van der Waals surface area contributed by atoms with Gasteiger partial charge in [-0.25, -0.2) is 4.79 Å². The van der Waals surface area contributed by atoms with Gasteiger partial charge in [0.25, 0.3) is 5.78 Å². The van der Waals surface area contributed by atoms with Gasteiger partial charge in [0.1, 0.15) is 5.75 Å². The molecule has 0 radical (unpaired) electrons. The molecule has 1 aromatic carbocycles. The molecule has 0 saturated heterocycles. The summed E-state index contributed by atoms with van der Waals surface area (Å²) in [5.74, 6) is -1.76. The third kappa shape index (κ3) is 1.82. The molecule has 78 valence electrons. The van der Waals surface area contributed by atoms with Crippen LogP contribution in [0.4, 0.5) is 0 Å². The van der Waals surface area contributed by atoms with Crippen LogP contribution in [0.5, 0.6) is 5.75 Å². The minimum absolute atomic E-state index is 0.135. The molecule has 0 aromatic heterocycles. The zero-order valence-electron chi connectivity index (χ0n) is 7.73. The van der Waals surface area contributed by atoms with Gasteiger partial charge in [-0.2, -0.15) is 0 Å². The Morgan fingerprint density at radius 3 is 2.87 bits per heavy atom. The van der Waals surface area contributed by atoms with Crippen LogP contribution in [0.2, 0.25) is 0 Å². The molecule has 0 unspecified atom stereocenters. The van der Waals surface area contributed by atoms with Crippen molar-refractivity contribution in [2.75, 3.05) is 6.79 Å². The van der Waals surface area contributed by atoms with E-state index in [1.54, 1.807) is 6.07 Å². The normalized spacial score (nSPS) is 13.9. The number of aliphatic carboxylic acids is 1. The van der Waals surface area contributed by atoms with Gasteiger partial charge < -0.3 is 14.6 Å². The highest BCUT2D eigenvalue weighted by Gasteiger charge is 2.18. The third-order valence-electron chi connectivity index (χ3n) is 2.07. The maximum atomic E-state index is 11.1. The molecule has 0 bridgehead atoms. The lowest BCUT2D eigenvalue weighted by molar-refractivity contribution is -0.131. The van der Waals surface area contributed by atoms with E-state index in [1.807, 2.05) is 0 Å². The highest BCUT2D eigenvalue weighted by atomic mass is 16.7. The summed E-state index contributed by atoms with van der Waals surface area (Å²) in [6.07, 6.45) is 0. The fourth-order valence-electron chi connectivity index (χ4n) is 1.35. The SMILES string of the molecule is O=C(O)C(=O)c1ccc2c(c1)COCO2. The van der Waals surface area contributed by atoms with Crippen molar-refractivity contribution < 1.29 is 24.2 Å². The van der Waals surface area contributed by atoms with Crippen LogP contribution in [0.1, 0.15) is 15.9 Å². The van der Waals surface area contributed by atoms with Gasteiger partial charge in [0.2, 0.25) is 0 Å². The molecular formula is C10H8O5. The summed E-state index contributed by atoms with van der Waals surface area (Å²) >= 11 is 0. The number of carbonyl (C=O) groups excluding carboxylic acids is 1. The summed E-state index contributed by atoms with van der Waals surface area (Å²) in [5, 5.41) is 8.53. The number of ether oxygens (including phenoxy) is 2. The zero-order valence-corrected chi connectivity index (χ0v) is 7.73. The number of rotatable bonds is 2. The Kier molecular flexibility index (Phi) is 2.39. The number of carboxylic acids is 1. The molecule has 0 atom stereocenters. The quantitative estimate of drug-likeness (QED) is 0.575. The highest BCUT2D eigenvalue weighted by molar-refractivity contribution is 6.39. The van der Waals surface area contributed by atoms with Crippen LogP contribution >= 0.6 is 0 Å². The molecule has 2 rings (SSSR count). The Morgan fingerprint density at radius 2 is 2.13 bits per heavy atom. The molecule has 1 N–H and O–H groups in total. The molecule has 5 nitrogen and oxygen atoms in total. The lowest BCUT2D eigenvalue weighted by Crippen LogP contribution is -2.15. The summed E-state index contributed by atoms with van der Waals surface area (Å²) in [6.45, 7) is 0.509. The van der Waals surface area contributed by atoms with Crippen molar-refractivity contribution in [1.29, 1.82) is 0 Å². The molecule has 5 heteroatoms. The average Bonchev–Trinajstić information content (AvgIpc) is 2.27. The van der Waals surface area contributed by atoms with Crippen LogP contribution in [-0.4, -0.2) is 23.7 Å². The minimum Gasteiger partial charge on any atom is -0.475 e. The topological polar surface area (TPSA) is 72.8 Å². The molecule has 1 aromatic rings. The fourth-order valence-corrected chi connectivity index (χ4v) is 1.35. The monoisotopic (exact) mass is 208 g/mol. The number of fused-ring (bicyclic) bond motifs is 1. The first-order valence-corrected chi connectivity index (χ1v) is 4.29. The summed E-state index contributed by atoms with van der Waals surface area (Å²) in [6, 6.07) is 4.49. The molecule has 0 aliphatic carbocycles. The Bertz CT molecular complexity index is 424. The first-order valence-electron chi connectivity index (χ1n) is 4.29. The molecule has 1 heterocycles. The highest BCUT2D eigenvalue weighted by Crippen LogP contribution is 2.24. The maximum absolute atomic E-state index is 11.1. The molecule has 0 saturated carbocycles. The van der Waals surface area contributed by atoms with Gasteiger partial charge in [-0.05, 0) is 18.2 Å². The van der Waals surface area contributed by atoms with Crippen LogP contribution in [0.25, 0.3) is 0 Å². The number of ketones is 1. The average molecular weight is 208 g/mol. The summed E-state index contributed by atoms with van der Waals surface area (Å²) in [4.78, 5) is 21.6. The van der Waals surface area contributed by atoms with Crippen LogP contribution in [0, 0.1) is 0 Å². The summed E-state index contributed by atoms with van der Waals surface area (Å²) in [5.41, 5.74) is 0.823. The lowest BCUT2D eigenvalue weighted by Gasteiger charge is -2.17. The predicted octanol–water partition coefficient (Wildman–Crippen LogP) is 0.820. The van der Waals surface area contributed by atoms with E-state index in [-0.39, 0.29) is 12.4 Å². The predicted molar refractivity (Wildman–Crippen MR) is 48.7 cm³/mol. The second-order valence-electron chi connectivity index (χ2n) is 3.07. The smallest absolute Gasteiger partial charge is 0.377 e. The standard InChI is InChI=1S/C10H8O5/c11-9(10(12)13)6-1-2-8-7(3-6)4-14-5-15-8/h1-3H,4-5H2,(H,12,13). The largest absolute Gasteiger partial charge is 0.475 e. The van der Waals surface area contributed by atoms with Gasteiger partial charge >= 0.3 is 5.97 Å². The van der Waals surface area contributed by atoms with Crippen molar-refractivity contribution in [3.8, 4) is 5.75 Å².